The second kappa shape index (κ2) is 8.29. The van der Waals surface area contributed by atoms with Gasteiger partial charge in [-0.15, -0.1) is 5.10 Å². The summed E-state index contributed by atoms with van der Waals surface area (Å²) in [5.41, 5.74) is 0.848. The second-order valence-corrected chi connectivity index (χ2v) is 7.96. The summed E-state index contributed by atoms with van der Waals surface area (Å²) in [6.45, 7) is 5.43. The number of halogens is 1. The summed E-state index contributed by atoms with van der Waals surface area (Å²) in [7, 11) is 0. The second-order valence-electron chi connectivity index (χ2n) is 7.96. The van der Waals surface area contributed by atoms with Crippen LogP contribution in [0.15, 0.2) is 42.5 Å². The van der Waals surface area contributed by atoms with Gasteiger partial charge in [-0.25, -0.2) is 4.39 Å². The Morgan fingerprint density at radius 2 is 1.75 bits per heavy atom. The van der Waals surface area contributed by atoms with Crippen molar-refractivity contribution in [1.82, 2.24) is 25.1 Å². The lowest BCUT2D eigenvalue weighted by atomic mass is 10.0. The number of imide groups is 1. The molecule has 0 radical (unpaired) electrons. The molecule has 1 aliphatic heterocycles. The SMILES string of the molecule is Cc1nnnn1-c1ccc(F)c(NC(=O)C(CC(C)C)N2C(=O)c3ccccc3C2=O)c1. The molecule has 3 aromatic rings. The molecule has 9 nitrogen and oxygen atoms in total. The van der Waals surface area contributed by atoms with E-state index in [9.17, 15) is 18.8 Å². The van der Waals surface area contributed by atoms with Crippen molar-refractivity contribution in [3.8, 4) is 5.69 Å². The number of benzene rings is 2. The normalized spacial score (nSPS) is 14.1. The summed E-state index contributed by atoms with van der Waals surface area (Å²) in [5.74, 6) is -1.92. The first kappa shape index (κ1) is 21.3. The molecule has 2 aromatic carbocycles. The highest BCUT2D eigenvalue weighted by molar-refractivity contribution is 6.23. The van der Waals surface area contributed by atoms with E-state index in [0.717, 1.165) is 4.90 Å². The molecule has 1 atom stereocenters. The maximum Gasteiger partial charge on any atom is 0.262 e. The number of nitrogens with one attached hydrogen (secondary N) is 1. The molecule has 0 saturated heterocycles. The average Bonchev–Trinajstić information content (AvgIpc) is 3.29. The molecule has 2 heterocycles. The fourth-order valence-corrected chi connectivity index (χ4v) is 3.69. The van der Waals surface area contributed by atoms with Crippen LogP contribution in [-0.2, 0) is 4.79 Å². The van der Waals surface area contributed by atoms with Crippen molar-refractivity contribution in [1.29, 1.82) is 0 Å². The number of hydrogen-bond donors (Lipinski definition) is 1. The summed E-state index contributed by atoms with van der Waals surface area (Å²) in [5, 5.41) is 13.7. The van der Waals surface area contributed by atoms with E-state index in [2.05, 4.69) is 20.8 Å². The predicted molar refractivity (Wildman–Crippen MR) is 113 cm³/mol. The summed E-state index contributed by atoms with van der Waals surface area (Å²) in [6, 6.07) is 9.39. The van der Waals surface area contributed by atoms with Gasteiger partial charge in [-0.1, -0.05) is 26.0 Å². The molecule has 1 aromatic heterocycles. The quantitative estimate of drug-likeness (QED) is 0.595. The minimum absolute atomic E-state index is 0.00452. The van der Waals surface area contributed by atoms with Gasteiger partial charge >= 0.3 is 0 Å². The van der Waals surface area contributed by atoms with Crippen LogP contribution in [0, 0.1) is 18.7 Å². The number of carbonyl (C=O) groups excluding carboxylic acids is 3. The summed E-state index contributed by atoms with van der Waals surface area (Å²) in [4.78, 5) is 40.0. The van der Waals surface area contributed by atoms with Crippen LogP contribution in [0.3, 0.4) is 0 Å². The average molecular weight is 436 g/mol. The molecule has 1 unspecified atom stereocenters. The molecule has 0 spiro atoms. The Morgan fingerprint density at radius 1 is 1.09 bits per heavy atom. The smallest absolute Gasteiger partial charge is 0.262 e. The fourth-order valence-electron chi connectivity index (χ4n) is 3.69. The molecule has 164 valence electrons. The van der Waals surface area contributed by atoms with E-state index in [1.54, 1.807) is 31.2 Å². The van der Waals surface area contributed by atoms with Crippen molar-refractivity contribution < 1.29 is 18.8 Å². The zero-order chi connectivity index (χ0) is 23.0. The largest absolute Gasteiger partial charge is 0.322 e. The lowest BCUT2D eigenvalue weighted by molar-refractivity contribution is -0.120. The first-order chi connectivity index (χ1) is 15.3. The van der Waals surface area contributed by atoms with E-state index in [-0.39, 0.29) is 29.2 Å². The third kappa shape index (κ3) is 3.75. The molecule has 1 aliphatic rings. The number of fused-ring (bicyclic) bond motifs is 1. The lowest BCUT2D eigenvalue weighted by Gasteiger charge is -2.27. The van der Waals surface area contributed by atoms with Gasteiger partial charge in [-0.2, -0.15) is 4.68 Å². The zero-order valence-electron chi connectivity index (χ0n) is 17.7. The van der Waals surface area contributed by atoms with Gasteiger partial charge in [0.2, 0.25) is 5.91 Å². The predicted octanol–water partition coefficient (Wildman–Crippen LogP) is 2.76. The van der Waals surface area contributed by atoms with Crippen LogP contribution in [0.2, 0.25) is 0 Å². The maximum atomic E-state index is 14.5. The van der Waals surface area contributed by atoms with E-state index in [4.69, 9.17) is 0 Å². The van der Waals surface area contributed by atoms with Crippen LogP contribution in [0.1, 0.15) is 46.8 Å². The molecule has 32 heavy (non-hydrogen) atoms. The van der Waals surface area contributed by atoms with Crippen molar-refractivity contribution in [2.45, 2.75) is 33.2 Å². The number of aromatic nitrogens is 4. The van der Waals surface area contributed by atoms with Crippen LogP contribution >= 0.6 is 0 Å². The molecular weight excluding hydrogens is 415 g/mol. The Morgan fingerprint density at radius 3 is 2.31 bits per heavy atom. The molecule has 1 N–H and O–H groups in total. The van der Waals surface area contributed by atoms with Gasteiger partial charge in [0.15, 0.2) is 5.82 Å². The number of tetrazole rings is 1. The highest BCUT2D eigenvalue weighted by atomic mass is 19.1. The summed E-state index contributed by atoms with van der Waals surface area (Å²) >= 11 is 0. The van der Waals surface area contributed by atoms with E-state index in [1.807, 2.05) is 13.8 Å². The van der Waals surface area contributed by atoms with Crippen LogP contribution in [0.25, 0.3) is 5.69 Å². The Kier molecular flexibility index (Phi) is 5.52. The number of amides is 3. The van der Waals surface area contributed by atoms with Crippen molar-refractivity contribution >= 4 is 23.4 Å². The Balaban J connectivity index is 1.65. The first-order valence-electron chi connectivity index (χ1n) is 10.1. The molecule has 0 bridgehead atoms. The van der Waals surface area contributed by atoms with Crippen molar-refractivity contribution in [3.05, 3.63) is 65.2 Å². The van der Waals surface area contributed by atoms with Crippen molar-refractivity contribution in [2.24, 2.45) is 5.92 Å². The van der Waals surface area contributed by atoms with Gasteiger partial charge in [-0.3, -0.25) is 19.3 Å². The third-order valence-electron chi connectivity index (χ3n) is 5.21. The van der Waals surface area contributed by atoms with Crippen LogP contribution < -0.4 is 5.32 Å². The minimum atomic E-state index is -1.10. The number of hydrogen-bond acceptors (Lipinski definition) is 6. The Labute approximate surface area is 183 Å². The molecule has 0 aliphatic carbocycles. The standard InChI is InChI=1S/C22H21FN6O3/c1-12(2)10-19(28-21(31)15-6-4-5-7-16(15)22(28)32)20(30)24-18-11-14(8-9-17(18)23)29-13(3)25-26-27-29/h4-9,11-12,19H,10H2,1-3H3,(H,24,30). The topological polar surface area (TPSA) is 110 Å². The zero-order valence-corrected chi connectivity index (χ0v) is 17.7. The van der Waals surface area contributed by atoms with Crippen molar-refractivity contribution in [2.75, 3.05) is 5.32 Å². The van der Waals surface area contributed by atoms with Gasteiger partial charge in [0, 0.05) is 0 Å². The number of rotatable bonds is 6. The molecule has 4 rings (SSSR count). The van der Waals surface area contributed by atoms with E-state index in [0.29, 0.717) is 11.5 Å². The number of aryl methyl sites for hydroxylation is 1. The molecule has 3 amide bonds. The number of carbonyl (C=O) groups is 3. The van der Waals surface area contributed by atoms with Crippen LogP contribution in [0.5, 0.6) is 0 Å². The van der Waals surface area contributed by atoms with Gasteiger partial charge in [0.05, 0.1) is 22.5 Å². The number of anilines is 1. The fraction of sp³-hybridized carbons (Fsp3) is 0.273. The number of nitrogens with zero attached hydrogens (tertiary/aromatic N) is 5. The van der Waals surface area contributed by atoms with Gasteiger partial charge in [0.1, 0.15) is 11.9 Å². The highest BCUT2D eigenvalue weighted by Gasteiger charge is 2.42. The van der Waals surface area contributed by atoms with Crippen molar-refractivity contribution in [3.63, 3.8) is 0 Å². The molecule has 10 heteroatoms. The molecular formula is C22H21FN6O3. The monoisotopic (exact) mass is 436 g/mol. The van der Waals surface area contributed by atoms with Crippen LogP contribution in [-0.4, -0.2) is 48.9 Å². The minimum Gasteiger partial charge on any atom is -0.322 e. The van der Waals surface area contributed by atoms with Gasteiger partial charge in [-0.05, 0) is 60.0 Å². The molecule has 0 fully saturated rings. The van der Waals surface area contributed by atoms with E-state index in [1.165, 1.54) is 22.9 Å². The third-order valence-corrected chi connectivity index (χ3v) is 5.21. The lowest BCUT2D eigenvalue weighted by Crippen LogP contribution is -2.48. The first-order valence-corrected chi connectivity index (χ1v) is 10.1. The van der Waals surface area contributed by atoms with E-state index >= 15 is 0 Å². The van der Waals surface area contributed by atoms with E-state index < -0.39 is 29.6 Å². The highest BCUT2D eigenvalue weighted by Crippen LogP contribution is 2.28. The van der Waals surface area contributed by atoms with Crippen LogP contribution in [0.4, 0.5) is 10.1 Å². The Bertz CT molecular complexity index is 1190. The van der Waals surface area contributed by atoms with Gasteiger partial charge in [0.25, 0.3) is 11.8 Å². The van der Waals surface area contributed by atoms with Gasteiger partial charge < -0.3 is 5.32 Å². The maximum absolute atomic E-state index is 14.5. The molecule has 0 saturated carbocycles. The summed E-state index contributed by atoms with van der Waals surface area (Å²) < 4.78 is 15.9. The summed E-state index contributed by atoms with van der Waals surface area (Å²) in [6.07, 6.45) is 0.227. The Hall–Kier alpha value is -3.95.